The van der Waals surface area contributed by atoms with E-state index in [-0.39, 0.29) is 0 Å². The first-order chi connectivity index (χ1) is 7.86. The van der Waals surface area contributed by atoms with E-state index in [4.69, 9.17) is 0 Å². The standard InChI is InChI=1S/C15H17N/c16-11-13-6-4-5-12-7-10-15(14(12)13)8-2-1-3-9-15/h4-6H,1-3,7-10H2. The van der Waals surface area contributed by atoms with Crippen LogP contribution >= 0.6 is 0 Å². The lowest BCUT2D eigenvalue weighted by Crippen LogP contribution is -2.26. The molecular formula is C15H17N. The Morgan fingerprint density at radius 3 is 2.62 bits per heavy atom. The maximum Gasteiger partial charge on any atom is 0.0994 e. The van der Waals surface area contributed by atoms with Crippen LogP contribution in [-0.4, -0.2) is 0 Å². The van der Waals surface area contributed by atoms with Gasteiger partial charge in [0.05, 0.1) is 11.6 Å². The molecule has 0 radical (unpaired) electrons. The highest BCUT2D eigenvalue weighted by Gasteiger charge is 2.40. The maximum atomic E-state index is 9.27. The second kappa shape index (κ2) is 3.63. The Balaban J connectivity index is 2.13. The van der Waals surface area contributed by atoms with Gasteiger partial charge in [0.25, 0.3) is 0 Å². The van der Waals surface area contributed by atoms with Crippen molar-refractivity contribution >= 4 is 0 Å². The molecule has 2 aliphatic rings. The molecule has 0 aliphatic heterocycles. The summed E-state index contributed by atoms with van der Waals surface area (Å²) >= 11 is 0. The lowest BCUT2D eigenvalue weighted by Gasteiger charge is -2.35. The SMILES string of the molecule is N#Cc1cccc2c1C1(CCCCC1)CC2. The van der Waals surface area contributed by atoms with Crippen molar-refractivity contribution < 1.29 is 0 Å². The lowest BCUT2D eigenvalue weighted by molar-refractivity contribution is 0.291. The molecule has 0 bridgehead atoms. The monoisotopic (exact) mass is 211 g/mol. The molecule has 0 unspecified atom stereocenters. The summed E-state index contributed by atoms with van der Waals surface area (Å²) in [5.41, 5.74) is 4.18. The van der Waals surface area contributed by atoms with Crippen LogP contribution in [0, 0.1) is 11.3 Å². The maximum absolute atomic E-state index is 9.27. The van der Waals surface area contributed by atoms with Crippen molar-refractivity contribution in [2.24, 2.45) is 0 Å². The van der Waals surface area contributed by atoms with Crippen LogP contribution in [0.4, 0.5) is 0 Å². The third-order valence-corrected chi connectivity index (χ3v) is 4.49. The number of benzene rings is 1. The minimum absolute atomic E-state index is 0.375. The van der Waals surface area contributed by atoms with Gasteiger partial charge in [-0.1, -0.05) is 31.4 Å². The molecule has 1 aromatic rings. The summed E-state index contributed by atoms with van der Waals surface area (Å²) in [4.78, 5) is 0. The van der Waals surface area contributed by atoms with Crippen LogP contribution in [0.5, 0.6) is 0 Å². The molecule has 1 nitrogen and oxygen atoms in total. The van der Waals surface area contributed by atoms with Crippen molar-refractivity contribution in [1.29, 1.82) is 5.26 Å². The quantitative estimate of drug-likeness (QED) is 0.641. The van der Waals surface area contributed by atoms with Crippen molar-refractivity contribution in [2.45, 2.75) is 50.4 Å². The van der Waals surface area contributed by atoms with Gasteiger partial charge >= 0.3 is 0 Å². The molecule has 0 N–H and O–H groups in total. The molecule has 82 valence electrons. The fourth-order valence-corrected chi connectivity index (χ4v) is 3.76. The van der Waals surface area contributed by atoms with Gasteiger partial charge in [0, 0.05) is 0 Å². The molecular weight excluding hydrogens is 194 g/mol. The molecule has 0 aromatic heterocycles. The second-order valence-electron chi connectivity index (χ2n) is 5.29. The van der Waals surface area contributed by atoms with Crippen molar-refractivity contribution in [2.75, 3.05) is 0 Å². The van der Waals surface area contributed by atoms with E-state index in [0.717, 1.165) is 5.56 Å². The molecule has 1 aromatic carbocycles. The first-order valence-corrected chi connectivity index (χ1v) is 6.38. The van der Waals surface area contributed by atoms with Crippen LogP contribution in [0.3, 0.4) is 0 Å². The molecule has 0 atom stereocenters. The van der Waals surface area contributed by atoms with Crippen LogP contribution < -0.4 is 0 Å². The molecule has 2 aliphatic carbocycles. The highest BCUT2D eigenvalue weighted by atomic mass is 14.4. The highest BCUT2D eigenvalue weighted by Crippen LogP contribution is 2.49. The van der Waals surface area contributed by atoms with E-state index >= 15 is 0 Å². The molecule has 1 spiro atoms. The number of aryl methyl sites for hydroxylation is 1. The van der Waals surface area contributed by atoms with E-state index in [1.165, 1.54) is 56.1 Å². The van der Waals surface area contributed by atoms with Gasteiger partial charge < -0.3 is 0 Å². The summed E-state index contributed by atoms with van der Waals surface area (Å²) < 4.78 is 0. The van der Waals surface area contributed by atoms with Gasteiger partial charge in [-0.25, -0.2) is 0 Å². The van der Waals surface area contributed by atoms with Crippen molar-refractivity contribution in [3.63, 3.8) is 0 Å². The van der Waals surface area contributed by atoms with Gasteiger partial charge in [0.2, 0.25) is 0 Å². The zero-order valence-corrected chi connectivity index (χ0v) is 9.63. The first-order valence-electron chi connectivity index (χ1n) is 6.38. The highest BCUT2D eigenvalue weighted by molar-refractivity contribution is 5.50. The van der Waals surface area contributed by atoms with Gasteiger partial charge in [-0.3, -0.25) is 0 Å². The molecule has 16 heavy (non-hydrogen) atoms. The van der Waals surface area contributed by atoms with Crippen LogP contribution in [-0.2, 0) is 11.8 Å². The Labute approximate surface area is 97.1 Å². The van der Waals surface area contributed by atoms with Gasteiger partial charge in [0.1, 0.15) is 0 Å². The molecule has 3 rings (SSSR count). The van der Waals surface area contributed by atoms with E-state index < -0.39 is 0 Å². The fourth-order valence-electron chi connectivity index (χ4n) is 3.76. The van der Waals surface area contributed by atoms with Crippen LogP contribution in [0.1, 0.15) is 55.2 Å². The summed E-state index contributed by atoms with van der Waals surface area (Å²) in [5, 5.41) is 9.27. The molecule has 0 heterocycles. The fraction of sp³-hybridized carbons (Fsp3) is 0.533. The van der Waals surface area contributed by atoms with E-state index in [2.05, 4.69) is 12.1 Å². The molecule has 0 amide bonds. The Hall–Kier alpha value is -1.29. The first kappa shape index (κ1) is 9.90. The Kier molecular flexibility index (Phi) is 2.24. The van der Waals surface area contributed by atoms with Gasteiger partial charge in [0.15, 0.2) is 0 Å². The van der Waals surface area contributed by atoms with E-state index in [9.17, 15) is 5.26 Å². The third kappa shape index (κ3) is 1.29. The third-order valence-electron chi connectivity index (χ3n) is 4.49. The zero-order chi connectivity index (χ0) is 11.0. The van der Waals surface area contributed by atoms with E-state index in [0.29, 0.717) is 5.41 Å². The largest absolute Gasteiger partial charge is 0.192 e. The number of rotatable bonds is 0. The van der Waals surface area contributed by atoms with Gasteiger partial charge in [-0.05, 0) is 48.3 Å². The van der Waals surface area contributed by atoms with E-state index in [1.54, 1.807) is 0 Å². The van der Waals surface area contributed by atoms with Crippen molar-refractivity contribution in [3.8, 4) is 6.07 Å². The van der Waals surface area contributed by atoms with E-state index in [1.807, 2.05) is 12.1 Å². The smallest absolute Gasteiger partial charge is 0.0994 e. The minimum atomic E-state index is 0.375. The summed E-state index contributed by atoms with van der Waals surface area (Å²) in [7, 11) is 0. The Morgan fingerprint density at radius 2 is 1.88 bits per heavy atom. The van der Waals surface area contributed by atoms with Crippen LogP contribution in [0.25, 0.3) is 0 Å². The predicted octanol–water partition coefficient (Wildman–Crippen LogP) is 3.71. The molecule has 1 saturated carbocycles. The summed E-state index contributed by atoms with van der Waals surface area (Å²) in [6.07, 6.45) is 9.15. The minimum Gasteiger partial charge on any atom is -0.192 e. The van der Waals surface area contributed by atoms with Crippen LogP contribution in [0.15, 0.2) is 18.2 Å². The number of nitrogens with zero attached hydrogens (tertiary/aromatic N) is 1. The number of hydrogen-bond donors (Lipinski definition) is 0. The second-order valence-corrected chi connectivity index (χ2v) is 5.29. The molecule has 0 saturated heterocycles. The lowest BCUT2D eigenvalue weighted by atomic mass is 9.69. The van der Waals surface area contributed by atoms with Crippen molar-refractivity contribution in [1.82, 2.24) is 0 Å². The molecule has 1 heteroatoms. The summed E-state index contributed by atoms with van der Waals surface area (Å²) in [6, 6.07) is 8.66. The average molecular weight is 211 g/mol. The van der Waals surface area contributed by atoms with Gasteiger partial charge in [-0.2, -0.15) is 5.26 Å². The summed E-state index contributed by atoms with van der Waals surface area (Å²) in [5.74, 6) is 0. The Morgan fingerprint density at radius 1 is 1.06 bits per heavy atom. The number of hydrogen-bond acceptors (Lipinski definition) is 1. The Bertz CT molecular complexity index is 441. The molecule has 1 fully saturated rings. The topological polar surface area (TPSA) is 23.8 Å². The summed E-state index contributed by atoms with van der Waals surface area (Å²) in [6.45, 7) is 0. The average Bonchev–Trinajstić information content (AvgIpc) is 2.70. The van der Waals surface area contributed by atoms with Gasteiger partial charge in [-0.15, -0.1) is 0 Å². The normalized spacial score (nSPS) is 21.7. The number of fused-ring (bicyclic) bond motifs is 2. The number of nitriles is 1. The van der Waals surface area contributed by atoms with Crippen LogP contribution in [0.2, 0.25) is 0 Å². The zero-order valence-electron chi connectivity index (χ0n) is 9.63. The predicted molar refractivity (Wildman–Crippen MR) is 64.2 cm³/mol. The van der Waals surface area contributed by atoms with Crippen molar-refractivity contribution in [3.05, 3.63) is 34.9 Å².